The SMILES string of the molecule is CC(=O)OCCC[C@H](CCc1cc2ccccc2s1)OC(C)=O. The predicted molar refractivity (Wildman–Crippen MR) is 91.6 cm³/mol. The number of ether oxygens (including phenoxy) is 2. The van der Waals surface area contributed by atoms with Gasteiger partial charge in [0.15, 0.2) is 0 Å². The maximum absolute atomic E-state index is 11.2. The summed E-state index contributed by atoms with van der Waals surface area (Å²) in [4.78, 5) is 23.3. The van der Waals surface area contributed by atoms with Crippen LogP contribution in [0.5, 0.6) is 0 Å². The molecule has 0 N–H and O–H groups in total. The van der Waals surface area contributed by atoms with Crippen LogP contribution in [0.4, 0.5) is 0 Å². The van der Waals surface area contributed by atoms with E-state index in [1.807, 2.05) is 12.1 Å². The summed E-state index contributed by atoms with van der Waals surface area (Å²) in [6, 6.07) is 10.5. The Morgan fingerprint density at radius 2 is 1.91 bits per heavy atom. The van der Waals surface area contributed by atoms with Crippen molar-refractivity contribution < 1.29 is 19.1 Å². The van der Waals surface area contributed by atoms with Crippen LogP contribution in [-0.2, 0) is 25.5 Å². The number of fused-ring (bicyclic) bond motifs is 1. The average molecular weight is 334 g/mol. The number of thiophene rings is 1. The van der Waals surface area contributed by atoms with E-state index >= 15 is 0 Å². The molecule has 2 aromatic rings. The van der Waals surface area contributed by atoms with Crippen molar-refractivity contribution in [3.8, 4) is 0 Å². The van der Waals surface area contributed by atoms with Gasteiger partial charge in [0.25, 0.3) is 0 Å². The van der Waals surface area contributed by atoms with Crippen LogP contribution in [0.2, 0.25) is 0 Å². The molecule has 4 nitrogen and oxygen atoms in total. The Bertz CT molecular complexity index is 629. The van der Waals surface area contributed by atoms with Crippen molar-refractivity contribution in [1.82, 2.24) is 0 Å². The monoisotopic (exact) mass is 334 g/mol. The van der Waals surface area contributed by atoms with Crippen LogP contribution in [0.25, 0.3) is 10.1 Å². The third-order valence-corrected chi connectivity index (χ3v) is 4.67. The molecule has 0 bridgehead atoms. The van der Waals surface area contributed by atoms with Gasteiger partial charge >= 0.3 is 11.9 Å². The maximum Gasteiger partial charge on any atom is 0.302 e. The van der Waals surface area contributed by atoms with Crippen LogP contribution in [-0.4, -0.2) is 24.6 Å². The zero-order valence-electron chi connectivity index (χ0n) is 13.5. The molecule has 0 saturated carbocycles. The van der Waals surface area contributed by atoms with Gasteiger partial charge in [0.1, 0.15) is 6.10 Å². The van der Waals surface area contributed by atoms with Gasteiger partial charge in [-0.1, -0.05) is 18.2 Å². The van der Waals surface area contributed by atoms with E-state index in [4.69, 9.17) is 9.47 Å². The molecule has 23 heavy (non-hydrogen) atoms. The minimum absolute atomic E-state index is 0.131. The molecule has 1 aromatic carbocycles. The molecule has 0 spiro atoms. The van der Waals surface area contributed by atoms with E-state index in [1.165, 1.54) is 28.8 Å². The molecule has 0 amide bonds. The predicted octanol–water partition coefficient (Wildman–Crippen LogP) is 4.11. The lowest BCUT2D eigenvalue weighted by Crippen LogP contribution is -2.18. The number of benzene rings is 1. The van der Waals surface area contributed by atoms with Gasteiger partial charge in [0, 0.05) is 23.4 Å². The van der Waals surface area contributed by atoms with Gasteiger partial charge in [0.05, 0.1) is 6.61 Å². The summed E-state index contributed by atoms with van der Waals surface area (Å²) in [5.74, 6) is -0.543. The highest BCUT2D eigenvalue weighted by atomic mass is 32.1. The van der Waals surface area contributed by atoms with E-state index in [1.54, 1.807) is 11.3 Å². The first-order valence-electron chi connectivity index (χ1n) is 7.82. The second-order valence-electron chi connectivity index (χ2n) is 5.50. The maximum atomic E-state index is 11.2. The summed E-state index contributed by atoms with van der Waals surface area (Å²) in [7, 11) is 0. The zero-order chi connectivity index (χ0) is 16.7. The fourth-order valence-electron chi connectivity index (χ4n) is 2.49. The zero-order valence-corrected chi connectivity index (χ0v) is 14.4. The summed E-state index contributed by atoms with van der Waals surface area (Å²) < 4.78 is 11.6. The molecule has 1 aromatic heterocycles. The topological polar surface area (TPSA) is 52.6 Å². The van der Waals surface area contributed by atoms with Crippen molar-refractivity contribution in [1.29, 1.82) is 0 Å². The molecule has 0 aliphatic rings. The highest BCUT2D eigenvalue weighted by molar-refractivity contribution is 7.19. The minimum Gasteiger partial charge on any atom is -0.466 e. The van der Waals surface area contributed by atoms with Crippen LogP contribution in [0.15, 0.2) is 30.3 Å². The van der Waals surface area contributed by atoms with Crippen LogP contribution in [0.1, 0.15) is 38.0 Å². The third kappa shape index (κ3) is 6.02. The second kappa shape index (κ2) is 8.67. The summed E-state index contributed by atoms with van der Waals surface area (Å²) in [6.45, 7) is 3.19. The van der Waals surface area contributed by atoms with E-state index in [0.717, 1.165) is 12.8 Å². The molecule has 5 heteroatoms. The number of hydrogen-bond acceptors (Lipinski definition) is 5. The lowest BCUT2D eigenvalue weighted by atomic mass is 10.1. The molecular weight excluding hydrogens is 312 g/mol. The first-order valence-corrected chi connectivity index (χ1v) is 8.64. The molecule has 0 aliphatic heterocycles. The van der Waals surface area contributed by atoms with Crippen LogP contribution in [0, 0.1) is 0 Å². The van der Waals surface area contributed by atoms with Crippen LogP contribution >= 0.6 is 11.3 Å². The largest absolute Gasteiger partial charge is 0.466 e. The van der Waals surface area contributed by atoms with E-state index in [2.05, 4.69) is 18.2 Å². The number of esters is 2. The first kappa shape index (κ1) is 17.5. The van der Waals surface area contributed by atoms with Gasteiger partial charge in [-0.2, -0.15) is 0 Å². The molecule has 0 radical (unpaired) electrons. The number of aryl methyl sites for hydroxylation is 1. The standard InChI is InChI=1S/C18H22O4S/c1-13(19)21-11-5-7-16(22-14(2)20)9-10-17-12-15-6-3-4-8-18(15)23-17/h3-4,6,8,12,16H,5,7,9-11H2,1-2H3/t16-/m1/s1. The fraction of sp³-hybridized carbons (Fsp3) is 0.444. The number of carbonyl (C=O) groups excluding carboxylic acids is 2. The second-order valence-corrected chi connectivity index (χ2v) is 6.67. The molecule has 1 atom stereocenters. The van der Waals surface area contributed by atoms with Crippen molar-refractivity contribution in [2.75, 3.05) is 6.61 Å². The Hall–Kier alpha value is -1.88. The summed E-state index contributed by atoms with van der Waals surface area (Å²) in [5.41, 5.74) is 0. The Balaban J connectivity index is 1.86. The van der Waals surface area contributed by atoms with Crippen molar-refractivity contribution in [2.24, 2.45) is 0 Å². The molecule has 0 unspecified atom stereocenters. The lowest BCUT2D eigenvalue weighted by molar-refractivity contribution is -0.148. The lowest BCUT2D eigenvalue weighted by Gasteiger charge is -2.16. The summed E-state index contributed by atoms with van der Waals surface area (Å²) >= 11 is 1.78. The highest BCUT2D eigenvalue weighted by Crippen LogP contribution is 2.27. The van der Waals surface area contributed by atoms with Crippen LogP contribution in [0.3, 0.4) is 0 Å². The Labute approximate surface area is 140 Å². The molecule has 124 valence electrons. The fourth-order valence-corrected chi connectivity index (χ4v) is 3.57. The molecule has 0 aliphatic carbocycles. The van der Waals surface area contributed by atoms with Gasteiger partial charge < -0.3 is 9.47 Å². The normalized spacial score (nSPS) is 12.1. The first-order chi connectivity index (χ1) is 11.0. The molecule has 0 fully saturated rings. The third-order valence-electron chi connectivity index (χ3n) is 3.50. The van der Waals surface area contributed by atoms with E-state index in [-0.39, 0.29) is 18.0 Å². The van der Waals surface area contributed by atoms with E-state index < -0.39 is 0 Å². The Morgan fingerprint density at radius 3 is 2.61 bits per heavy atom. The average Bonchev–Trinajstić information content (AvgIpc) is 2.91. The smallest absolute Gasteiger partial charge is 0.302 e. The van der Waals surface area contributed by atoms with Gasteiger partial charge in [-0.15, -0.1) is 11.3 Å². The number of rotatable bonds is 8. The number of hydrogen-bond donors (Lipinski definition) is 0. The molecule has 1 heterocycles. The molecule has 0 saturated heterocycles. The summed E-state index contributed by atoms with van der Waals surface area (Å²) in [6.07, 6.45) is 2.94. The van der Waals surface area contributed by atoms with Gasteiger partial charge in [-0.25, -0.2) is 0 Å². The Morgan fingerprint density at radius 1 is 1.13 bits per heavy atom. The van der Waals surface area contributed by atoms with Gasteiger partial charge in [-0.3, -0.25) is 9.59 Å². The van der Waals surface area contributed by atoms with E-state index in [0.29, 0.717) is 19.4 Å². The van der Waals surface area contributed by atoms with Crippen molar-refractivity contribution in [3.05, 3.63) is 35.2 Å². The Kier molecular flexibility index (Phi) is 6.59. The van der Waals surface area contributed by atoms with Crippen molar-refractivity contribution in [2.45, 2.75) is 45.6 Å². The molecular formula is C18H22O4S. The van der Waals surface area contributed by atoms with Gasteiger partial charge in [-0.05, 0) is 43.2 Å². The quantitative estimate of drug-likeness (QED) is 0.538. The van der Waals surface area contributed by atoms with E-state index in [9.17, 15) is 9.59 Å². The highest BCUT2D eigenvalue weighted by Gasteiger charge is 2.13. The van der Waals surface area contributed by atoms with Gasteiger partial charge in [0.2, 0.25) is 0 Å². The van der Waals surface area contributed by atoms with Crippen molar-refractivity contribution in [3.63, 3.8) is 0 Å². The van der Waals surface area contributed by atoms with Crippen molar-refractivity contribution >= 4 is 33.4 Å². The van der Waals surface area contributed by atoms with Crippen LogP contribution < -0.4 is 0 Å². The molecule has 2 rings (SSSR count). The minimum atomic E-state index is -0.278. The number of carbonyl (C=O) groups is 2. The summed E-state index contributed by atoms with van der Waals surface area (Å²) in [5, 5.41) is 1.26.